The van der Waals surface area contributed by atoms with Gasteiger partial charge in [0.25, 0.3) is 11.1 Å². The summed E-state index contributed by atoms with van der Waals surface area (Å²) in [5.41, 5.74) is 3.21. The monoisotopic (exact) mass is 934 g/mol. The molecule has 5 aromatic heterocycles. The van der Waals surface area contributed by atoms with Crippen LogP contribution in [0.3, 0.4) is 0 Å². The number of H-pyrrole nitrogens is 2. The summed E-state index contributed by atoms with van der Waals surface area (Å²) < 4.78 is 14.0. The van der Waals surface area contributed by atoms with Crippen molar-refractivity contribution in [1.29, 1.82) is 0 Å². The van der Waals surface area contributed by atoms with E-state index >= 15 is 0 Å². The number of ether oxygens (including phenoxy) is 2. The van der Waals surface area contributed by atoms with Crippen molar-refractivity contribution in [3.8, 4) is 56.4 Å². The van der Waals surface area contributed by atoms with Gasteiger partial charge in [0.2, 0.25) is 0 Å². The van der Waals surface area contributed by atoms with Gasteiger partial charge in [-0.1, -0.05) is 89.9 Å². The van der Waals surface area contributed by atoms with E-state index in [1.54, 1.807) is 98.5 Å². The van der Waals surface area contributed by atoms with Gasteiger partial charge in [-0.05, 0) is 65.7 Å². The molecular weight excluding hydrogens is 904 g/mol. The highest BCUT2D eigenvalue weighted by Crippen LogP contribution is 2.39. The van der Waals surface area contributed by atoms with Gasteiger partial charge >= 0.3 is 11.4 Å². The maximum absolute atomic E-state index is 14.2. The summed E-state index contributed by atoms with van der Waals surface area (Å²) in [6, 6.07) is 35.4. The topological polar surface area (TPSA) is 180 Å². The molecule has 0 bridgehead atoms. The van der Waals surface area contributed by atoms with Gasteiger partial charge in [0.1, 0.15) is 18.1 Å². The fourth-order valence-electron chi connectivity index (χ4n) is 8.63. The number of hydrogen-bond acceptors (Lipinski definition) is 10. The number of nitrogens with one attached hydrogen (secondary N) is 2. The van der Waals surface area contributed by atoms with Crippen molar-refractivity contribution in [2.45, 2.75) is 6.61 Å². The molecule has 11 aromatic rings. The predicted molar refractivity (Wildman–Crippen MR) is 264 cm³/mol. The molecule has 11 rings (SSSR count). The first-order chi connectivity index (χ1) is 33.2. The highest BCUT2D eigenvalue weighted by molar-refractivity contribution is 6.34. The average Bonchev–Trinajstić information content (AvgIpc) is 3.36. The van der Waals surface area contributed by atoms with Crippen LogP contribution in [0, 0.1) is 0 Å². The first kappa shape index (κ1) is 41.9. The second-order valence-corrected chi connectivity index (χ2v) is 16.6. The van der Waals surface area contributed by atoms with Gasteiger partial charge in [-0.3, -0.25) is 19.6 Å². The van der Waals surface area contributed by atoms with Crippen LogP contribution in [0.4, 0.5) is 0 Å². The summed E-state index contributed by atoms with van der Waals surface area (Å²) in [7, 11) is 1.56. The van der Waals surface area contributed by atoms with Crippen LogP contribution < -0.4 is 32.0 Å². The molecule has 0 aliphatic carbocycles. The Morgan fingerprint density at radius 3 is 1.99 bits per heavy atom. The molecule has 0 aliphatic rings. The third kappa shape index (κ3) is 7.15. The van der Waals surface area contributed by atoms with Crippen molar-refractivity contribution in [2.75, 3.05) is 7.11 Å². The van der Waals surface area contributed by atoms with Gasteiger partial charge in [0, 0.05) is 55.0 Å². The van der Waals surface area contributed by atoms with E-state index in [0.717, 1.165) is 14.5 Å². The van der Waals surface area contributed by atoms with E-state index in [-0.39, 0.29) is 23.1 Å². The molecule has 16 heteroatoms. The zero-order valence-corrected chi connectivity index (χ0v) is 37.0. The second kappa shape index (κ2) is 16.9. The van der Waals surface area contributed by atoms with Crippen molar-refractivity contribution >= 4 is 66.6 Å². The van der Waals surface area contributed by atoms with Gasteiger partial charge < -0.3 is 19.4 Å². The van der Waals surface area contributed by atoms with Crippen LogP contribution in [-0.4, -0.2) is 46.4 Å². The van der Waals surface area contributed by atoms with E-state index in [1.807, 2.05) is 48.5 Å². The average molecular weight is 936 g/mol. The summed E-state index contributed by atoms with van der Waals surface area (Å²) in [5.74, 6) is 1.02. The summed E-state index contributed by atoms with van der Waals surface area (Å²) in [5, 5.41) is 12.5. The summed E-state index contributed by atoms with van der Waals surface area (Å²) >= 11 is 13.4. The van der Waals surface area contributed by atoms with E-state index in [2.05, 4.69) is 25.1 Å². The van der Waals surface area contributed by atoms with Crippen LogP contribution in [-0.2, 0) is 6.61 Å². The Labute approximate surface area is 393 Å². The Morgan fingerprint density at radius 2 is 1.24 bits per heavy atom. The number of halogens is 2. The van der Waals surface area contributed by atoms with Crippen LogP contribution in [0.2, 0.25) is 10.0 Å². The highest BCUT2D eigenvalue weighted by atomic mass is 35.5. The molecule has 0 unspecified atom stereocenters. The Hall–Kier alpha value is -8.72. The molecular formula is C52H32Cl2N8O6. The fraction of sp³-hybridized carbons (Fsp3) is 0.0385. The Kier molecular flexibility index (Phi) is 10.4. The van der Waals surface area contributed by atoms with Crippen LogP contribution in [0.5, 0.6) is 11.5 Å². The van der Waals surface area contributed by atoms with E-state index in [4.69, 9.17) is 37.7 Å². The third-order valence-corrected chi connectivity index (χ3v) is 12.5. The first-order valence-corrected chi connectivity index (χ1v) is 21.8. The standard InChI is InChI=1S/C52H32Cl2N8O6/c1-67-32-15-18-40(53)38(21-32)28-13-16-36-42(19-28)59-52(66)62(50(36)64)45-26-56-48(35-10-5-4-9-34(35)45)39-24-58-57-23-31(39)27-68-46-12-6-11-41(54)47(46)29-14-17-37-43(20-29)60-51(65)61(49(37)63)44-25-55-22-30-7-2-3-8-33(30)44/h2-26H,27H2,1H3,(H,59,66)(H,60,65). The number of benzene rings is 6. The normalized spacial score (nSPS) is 11.5. The molecule has 0 atom stereocenters. The Balaban J connectivity index is 0.930. The first-order valence-electron chi connectivity index (χ1n) is 21.0. The smallest absolute Gasteiger partial charge is 0.333 e. The number of fused-ring (bicyclic) bond motifs is 4. The van der Waals surface area contributed by atoms with Crippen molar-refractivity contribution in [1.82, 2.24) is 39.3 Å². The van der Waals surface area contributed by atoms with Crippen LogP contribution in [0.15, 0.2) is 171 Å². The SMILES string of the molecule is COc1ccc(Cl)c(-c2ccc3c(=O)n(-c4cnc(-c5cnncc5COc5cccc(Cl)c5-c5ccc6c(=O)n(-c7cncc8ccccc78)c(=O)[nH]c6c5)c5ccccc45)c(=O)[nH]c3c2)c1. The zero-order chi connectivity index (χ0) is 46.6. The minimum Gasteiger partial charge on any atom is -0.497 e. The molecule has 0 amide bonds. The molecule has 0 saturated carbocycles. The lowest BCUT2D eigenvalue weighted by atomic mass is 10.0. The maximum Gasteiger partial charge on any atom is 0.333 e. The molecule has 0 fully saturated rings. The number of aromatic amines is 2. The molecule has 0 aliphatic heterocycles. The van der Waals surface area contributed by atoms with Gasteiger partial charge in [0.05, 0.1) is 75.8 Å². The number of pyridine rings is 2. The Bertz CT molecular complexity index is 4130. The van der Waals surface area contributed by atoms with Crippen molar-refractivity contribution in [3.63, 3.8) is 0 Å². The van der Waals surface area contributed by atoms with E-state index in [0.29, 0.717) is 93.5 Å². The third-order valence-electron chi connectivity index (χ3n) is 11.9. The van der Waals surface area contributed by atoms with E-state index < -0.39 is 22.5 Å². The number of hydrogen-bond donors (Lipinski definition) is 2. The lowest BCUT2D eigenvalue weighted by molar-refractivity contribution is 0.307. The van der Waals surface area contributed by atoms with Crippen LogP contribution >= 0.6 is 23.2 Å². The second-order valence-electron chi connectivity index (χ2n) is 15.8. The summed E-state index contributed by atoms with van der Waals surface area (Å²) in [6.45, 7) is -0.00307. The lowest BCUT2D eigenvalue weighted by Crippen LogP contribution is -2.33. The minimum absolute atomic E-state index is 0.00307. The number of rotatable bonds is 9. The maximum atomic E-state index is 14.2. The van der Waals surface area contributed by atoms with Crippen molar-refractivity contribution in [2.24, 2.45) is 0 Å². The number of aromatic nitrogens is 8. The van der Waals surface area contributed by atoms with Gasteiger partial charge in [0.15, 0.2) is 0 Å². The van der Waals surface area contributed by atoms with Gasteiger partial charge in [-0.25, -0.2) is 18.7 Å². The molecule has 6 aromatic carbocycles. The molecule has 330 valence electrons. The number of nitrogens with zero attached hydrogens (tertiary/aromatic N) is 6. The van der Waals surface area contributed by atoms with Gasteiger partial charge in [-0.15, -0.1) is 0 Å². The van der Waals surface area contributed by atoms with Gasteiger partial charge in [-0.2, -0.15) is 10.2 Å². The largest absolute Gasteiger partial charge is 0.497 e. The fourth-order valence-corrected chi connectivity index (χ4v) is 9.14. The predicted octanol–water partition coefficient (Wildman–Crippen LogP) is 9.45. The lowest BCUT2D eigenvalue weighted by Gasteiger charge is -2.16. The molecule has 0 radical (unpaired) electrons. The molecule has 0 spiro atoms. The van der Waals surface area contributed by atoms with Crippen LogP contribution in [0.25, 0.3) is 88.2 Å². The minimum atomic E-state index is -0.651. The molecule has 68 heavy (non-hydrogen) atoms. The zero-order valence-electron chi connectivity index (χ0n) is 35.5. The quantitative estimate of drug-likeness (QED) is 0.142. The number of methoxy groups -OCH3 is 1. The van der Waals surface area contributed by atoms with Crippen LogP contribution in [0.1, 0.15) is 5.56 Å². The van der Waals surface area contributed by atoms with Crippen molar-refractivity contribution in [3.05, 3.63) is 210 Å². The van der Waals surface area contributed by atoms with E-state index in [9.17, 15) is 19.2 Å². The summed E-state index contributed by atoms with van der Waals surface area (Å²) in [4.78, 5) is 70.4. The highest BCUT2D eigenvalue weighted by Gasteiger charge is 2.21. The summed E-state index contributed by atoms with van der Waals surface area (Å²) in [6.07, 6.45) is 7.82. The Morgan fingerprint density at radius 1 is 0.574 bits per heavy atom. The molecule has 2 N–H and O–H groups in total. The van der Waals surface area contributed by atoms with E-state index in [1.165, 1.54) is 12.4 Å². The molecule has 5 heterocycles. The van der Waals surface area contributed by atoms with Crippen molar-refractivity contribution < 1.29 is 9.47 Å². The molecule has 0 saturated heterocycles. The molecule has 14 nitrogen and oxygen atoms in total.